The van der Waals surface area contributed by atoms with Crippen LogP contribution in [0.25, 0.3) is 96.6 Å². The first-order chi connectivity index (χ1) is 31.2. The molecular weight excluding hydrogens is 877 g/mol. The third-order valence-corrected chi connectivity index (χ3v) is 14.0. The van der Waals surface area contributed by atoms with Crippen molar-refractivity contribution in [2.45, 2.75) is 0 Å². The lowest BCUT2D eigenvalue weighted by molar-refractivity contribution is 1.18. The lowest BCUT2D eigenvalue weighted by Crippen LogP contribution is -1.92. The summed E-state index contributed by atoms with van der Waals surface area (Å²) in [6, 6.07) is 70.3. The number of fused-ring (bicyclic) bond motifs is 12. The third kappa shape index (κ3) is 6.52. The van der Waals surface area contributed by atoms with Gasteiger partial charge in [0.05, 0.1) is 48.2 Å². The Balaban J connectivity index is 0.000000111. The largest absolute Gasteiger partial charge is 0.309 e. The second-order valence-electron chi connectivity index (χ2n) is 15.3. The molecule has 6 heterocycles. The Morgan fingerprint density at radius 3 is 1.32 bits per heavy atom. The molecule has 300 valence electrons. The fourth-order valence-corrected chi connectivity index (χ4v) is 11.3. The summed E-state index contributed by atoms with van der Waals surface area (Å²) in [6.07, 6.45) is 4.15. The van der Waals surface area contributed by atoms with E-state index in [0.29, 0.717) is 0 Å². The number of halogens is 1. The minimum Gasteiger partial charge on any atom is -0.309 e. The molecule has 0 unspecified atom stereocenters. The Kier molecular flexibility index (Phi) is 9.25. The van der Waals surface area contributed by atoms with E-state index in [0.717, 1.165) is 25.8 Å². The van der Waals surface area contributed by atoms with Gasteiger partial charge in [0.2, 0.25) is 0 Å². The van der Waals surface area contributed by atoms with Crippen LogP contribution in [0.5, 0.6) is 0 Å². The van der Waals surface area contributed by atoms with Crippen molar-refractivity contribution < 1.29 is 0 Å². The number of hydrogen-bond donors (Lipinski definition) is 0. The van der Waals surface area contributed by atoms with Gasteiger partial charge >= 0.3 is 0 Å². The van der Waals surface area contributed by atoms with Gasteiger partial charge in [-0.2, -0.15) is 0 Å². The van der Waals surface area contributed by atoms with Crippen LogP contribution in [0.3, 0.4) is 0 Å². The molecule has 0 aliphatic carbocycles. The number of nitrogens with zero attached hydrogens (tertiary/aromatic N) is 6. The van der Waals surface area contributed by atoms with E-state index in [4.69, 9.17) is 4.98 Å². The number of imidazole rings is 2. The number of hydrogen-bond acceptors (Lipinski definition) is 4. The van der Waals surface area contributed by atoms with Crippen LogP contribution in [-0.4, -0.2) is 27.9 Å². The van der Waals surface area contributed by atoms with E-state index in [1.807, 2.05) is 18.3 Å². The molecule has 0 bridgehead atoms. The zero-order chi connectivity index (χ0) is 41.9. The average Bonchev–Trinajstić information content (AvgIpc) is 4.19. The molecule has 0 N–H and O–H groups in total. The molecule has 0 fully saturated rings. The molecule has 0 aliphatic rings. The fraction of sp³-hybridized carbons (Fsp3) is 0. The molecule has 0 saturated heterocycles. The van der Waals surface area contributed by atoms with Crippen LogP contribution in [-0.2, 0) is 0 Å². The quantitative estimate of drug-likeness (QED) is 0.177. The Labute approximate surface area is 377 Å². The number of aromatic nitrogens is 6. The minimum absolute atomic E-state index is 0.893. The lowest BCUT2D eigenvalue weighted by Gasteiger charge is -2.07. The summed E-state index contributed by atoms with van der Waals surface area (Å²) in [7, 11) is 0. The van der Waals surface area contributed by atoms with Crippen molar-refractivity contribution >= 4 is 113 Å². The van der Waals surface area contributed by atoms with Crippen LogP contribution < -0.4 is 0 Å². The van der Waals surface area contributed by atoms with E-state index in [-0.39, 0.29) is 0 Å². The molecule has 0 aliphatic heterocycles. The van der Waals surface area contributed by atoms with Crippen molar-refractivity contribution in [2.24, 2.45) is 0 Å². The molecular formula is C54H35BrN6S2. The van der Waals surface area contributed by atoms with E-state index in [1.165, 1.54) is 75.4 Å². The van der Waals surface area contributed by atoms with Crippen molar-refractivity contribution in [3.63, 3.8) is 0 Å². The molecule has 8 aromatic carbocycles. The van der Waals surface area contributed by atoms with Gasteiger partial charge < -0.3 is 9.13 Å². The zero-order valence-corrected chi connectivity index (χ0v) is 36.8. The van der Waals surface area contributed by atoms with E-state index < -0.39 is 0 Å². The first-order valence-electron chi connectivity index (χ1n) is 20.7. The Morgan fingerprint density at radius 2 is 0.778 bits per heavy atom. The van der Waals surface area contributed by atoms with E-state index in [2.05, 4.69) is 233 Å². The fourth-order valence-electron chi connectivity index (χ4n) is 8.77. The summed E-state index contributed by atoms with van der Waals surface area (Å²) in [5.74, 6) is 0. The number of para-hydroxylation sites is 7. The first kappa shape index (κ1) is 37.5. The predicted octanol–water partition coefficient (Wildman–Crippen LogP) is 15.4. The third-order valence-electron chi connectivity index (χ3n) is 11.5. The topological polar surface area (TPSA) is 44.5 Å². The smallest absolute Gasteiger partial charge is 0.195 e. The highest BCUT2D eigenvalue weighted by Gasteiger charge is 2.16. The van der Waals surface area contributed by atoms with Crippen molar-refractivity contribution in [3.05, 3.63) is 217 Å². The van der Waals surface area contributed by atoms with E-state index >= 15 is 0 Å². The summed E-state index contributed by atoms with van der Waals surface area (Å²) < 4.78 is 12.4. The average molecular weight is 912 g/mol. The van der Waals surface area contributed by atoms with Crippen molar-refractivity contribution in [1.82, 2.24) is 27.9 Å². The standard InChI is InChI=1S/C27H17N3S.C18H13N.C9H5BrN2S/c1-2-8-19(9-3-1)30-23-11-5-4-10-20(23)21-16-18(14-15-24(21)30)22-17-29-25-12-6-7-13-26(25)31-27(29)28-22;1-2-8-14(9-3-1)19-17-12-6-4-10-15(17)16-11-5-7-13-18(16)19;10-8-5-12-6-3-1-2-4-7(6)13-9(12)11-8/h1-17H;1-13H;1-5H. The highest BCUT2D eigenvalue weighted by Crippen LogP contribution is 2.36. The molecule has 6 nitrogen and oxygen atoms in total. The summed E-state index contributed by atoms with van der Waals surface area (Å²) in [5, 5.41) is 5.12. The zero-order valence-electron chi connectivity index (χ0n) is 33.6. The molecule has 14 rings (SSSR count). The van der Waals surface area contributed by atoms with Gasteiger partial charge in [0.25, 0.3) is 0 Å². The van der Waals surface area contributed by atoms with Gasteiger partial charge in [-0.1, -0.05) is 144 Å². The first-order valence-corrected chi connectivity index (χ1v) is 23.1. The van der Waals surface area contributed by atoms with Gasteiger partial charge in [-0.05, 0) is 94.8 Å². The van der Waals surface area contributed by atoms with Gasteiger partial charge in [-0.15, -0.1) is 0 Å². The van der Waals surface area contributed by atoms with Crippen LogP contribution in [0.4, 0.5) is 0 Å². The van der Waals surface area contributed by atoms with Crippen LogP contribution in [0.1, 0.15) is 0 Å². The molecule has 0 saturated carbocycles. The summed E-state index contributed by atoms with van der Waals surface area (Å²) in [5.41, 5.74) is 11.9. The van der Waals surface area contributed by atoms with Crippen molar-refractivity contribution in [3.8, 4) is 22.6 Å². The van der Waals surface area contributed by atoms with E-state index in [1.54, 1.807) is 22.7 Å². The molecule has 0 atom stereocenters. The van der Waals surface area contributed by atoms with E-state index in [9.17, 15) is 0 Å². The van der Waals surface area contributed by atoms with Crippen LogP contribution in [0, 0.1) is 0 Å². The summed E-state index contributed by atoms with van der Waals surface area (Å²) >= 11 is 6.80. The van der Waals surface area contributed by atoms with Crippen molar-refractivity contribution in [2.75, 3.05) is 0 Å². The molecule has 9 heteroatoms. The van der Waals surface area contributed by atoms with Crippen LogP contribution in [0.2, 0.25) is 0 Å². The minimum atomic E-state index is 0.893. The lowest BCUT2D eigenvalue weighted by atomic mass is 10.1. The molecule has 63 heavy (non-hydrogen) atoms. The van der Waals surface area contributed by atoms with Gasteiger partial charge in [-0.25, -0.2) is 9.97 Å². The Morgan fingerprint density at radius 1 is 0.365 bits per heavy atom. The molecule has 14 aromatic rings. The molecule has 0 spiro atoms. The molecule has 0 amide bonds. The number of thiazole rings is 2. The van der Waals surface area contributed by atoms with Crippen LogP contribution >= 0.6 is 38.6 Å². The second-order valence-corrected chi connectivity index (χ2v) is 18.1. The van der Waals surface area contributed by atoms with Gasteiger partial charge in [0.15, 0.2) is 9.92 Å². The maximum atomic E-state index is 4.95. The highest BCUT2D eigenvalue weighted by molar-refractivity contribution is 9.10. The normalized spacial score (nSPS) is 11.6. The summed E-state index contributed by atoms with van der Waals surface area (Å²) in [6.45, 7) is 0. The SMILES string of the molecule is Brc1cn2c(n1)sc1ccccc12.c1ccc(-n2c3ccccc3c3cc(-c4cn5c(n4)sc4ccccc45)ccc32)cc1.c1ccc(-n2c3ccccc3c3ccccc32)cc1. The molecule has 0 radical (unpaired) electrons. The Hall–Kier alpha value is -7.30. The summed E-state index contributed by atoms with van der Waals surface area (Å²) in [4.78, 5) is 11.4. The maximum absolute atomic E-state index is 4.95. The second kappa shape index (κ2) is 15.6. The van der Waals surface area contributed by atoms with Crippen LogP contribution in [0.15, 0.2) is 217 Å². The number of benzene rings is 8. The highest BCUT2D eigenvalue weighted by atomic mass is 79.9. The Bertz CT molecular complexity index is 3890. The monoisotopic (exact) mass is 910 g/mol. The van der Waals surface area contributed by atoms with Gasteiger partial charge in [0, 0.05) is 50.9 Å². The number of rotatable bonds is 3. The van der Waals surface area contributed by atoms with Crippen molar-refractivity contribution in [1.29, 1.82) is 0 Å². The maximum Gasteiger partial charge on any atom is 0.195 e. The molecule has 6 aromatic heterocycles. The predicted molar refractivity (Wildman–Crippen MR) is 269 cm³/mol. The van der Waals surface area contributed by atoms with Gasteiger partial charge in [0.1, 0.15) is 4.60 Å². The van der Waals surface area contributed by atoms with Gasteiger partial charge in [-0.3, -0.25) is 8.80 Å².